The first-order valence-electron chi connectivity index (χ1n) is 5.22. The molecule has 0 aliphatic carbocycles. The summed E-state index contributed by atoms with van der Waals surface area (Å²) < 4.78 is 0. The molecule has 80 valence electrons. The molecule has 0 radical (unpaired) electrons. The van der Waals surface area contributed by atoms with Crippen molar-refractivity contribution < 1.29 is 4.79 Å². The molecule has 2 nitrogen and oxygen atoms in total. The SMILES string of the molecule is Cc1ccc(Cl)c(C(=O)C2CCCN2)c1. The molecule has 1 fully saturated rings. The van der Waals surface area contributed by atoms with Gasteiger partial charge in [-0.1, -0.05) is 23.2 Å². The maximum Gasteiger partial charge on any atom is 0.181 e. The Balaban J connectivity index is 2.27. The number of carbonyl (C=O) groups excluding carboxylic acids is 1. The van der Waals surface area contributed by atoms with Gasteiger partial charge in [0, 0.05) is 5.56 Å². The van der Waals surface area contributed by atoms with Crippen LogP contribution in [0.25, 0.3) is 0 Å². The van der Waals surface area contributed by atoms with E-state index in [2.05, 4.69) is 5.32 Å². The van der Waals surface area contributed by atoms with E-state index in [4.69, 9.17) is 11.6 Å². The molecule has 1 aromatic carbocycles. The van der Waals surface area contributed by atoms with E-state index >= 15 is 0 Å². The molecule has 1 unspecified atom stereocenters. The number of nitrogens with one attached hydrogen (secondary N) is 1. The molecule has 1 aliphatic rings. The van der Waals surface area contributed by atoms with Crippen LogP contribution in [0.3, 0.4) is 0 Å². The maximum atomic E-state index is 12.1. The summed E-state index contributed by atoms with van der Waals surface area (Å²) in [6, 6.07) is 5.54. The second-order valence-corrected chi connectivity index (χ2v) is 4.40. The third-order valence-corrected chi connectivity index (χ3v) is 3.09. The molecule has 0 saturated carbocycles. The van der Waals surface area contributed by atoms with Gasteiger partial charge in [0.2, 0.25) is 0 Å². The lowest BCUT2D eigenvalue weighted by Crippen LogP contribution is -2.30. The molecule has 0 aromatic heterocycles. The fourth-order valence-electron chi connectivity index (χ4n) is 1.92. The number of carbonyl (C=O) groups is 1. The molecule has 1 heterocycles. The summed E-state index contributed by atoms with van der Waals surface area (Å²) in [6.45, 7) is 2.90. The van der Waals surface area contributed by atoms with Gasteiger partial charge in [0.1, 0.15) is 0 Å². The van der Waals surface area contributed by atoms with Crippen molar-refractivity contribution in [3.05, 3.63) is 34.3 Å². The van der Waals surface area contributed by atoms with Crippen molar-refractivity contribution in [1.82, 2.24) is 5.32 Å². The van der Waals surface area contributed by atoms with Crippen molar-refractivity contribution in [2.75, 3.05) is 6.54 Å². The quantitative estimate of drug-likeness (QED) is 0.781. The van der Waals surface area contributed by atoms with Crippen LogP contribution in [0.2, 0.25) is 5.02 Å². The predicted molar refractivity (Wildman–Crippen MR) is 61.5 cm³/mol. The minimum atomic E-state index is -0.0377. The number of aryl methyl sites for hydroxylation is 1. The van der Waals surface area contributed by atoms with E-state index in [9.17, 15) is 4.79 Å². The molecule has 0 bridgehead atoms. The molecule has 1 aromatic rings. The number of benzene rings is 1. The lowest BCUT2D eigenvalue weighted by atomic mass is 10.0. The zero-order valence-electron chi connectivity index (χ0n) is 8.72. The van der Waals surface area contributed by atoms with Crippen molar-refractivity contribution >= 4 is 17.4 Å². The van der Waals surface area contributed by atoms with Gasteiger partial charge in [0.15, 0.2) is 5.78 Å². The van der Waals surface area contributed by atoms with Crippen LogP contribution in [0.4, 0.5) is 0 Å². The Morgan fingerprint density at radius 2 is 2.33 bits per heavy atom. The average molecular weight is 224 g/mol. The molecule has 1 N–H and O–H groups in total. The van der Waals surface area contributed by atoms with Crippen molar-refractivity contribution in [3.8, 4) is 0 Å². The van der Waals surface area contributed by atoms with E-state index in [0.29, 0.717) is 10.6 Å². The molecule has 3 heteroatoms. The van der Waals surface area contributed by atoms with E-state index in [1.165, 1.54) is 0 Å². The summed E-state index contributed by atoms with van der Waals surface area (Å²) in [5, 5.41) is 3.75. The van der Waals surface area contributed by atoms with Crippen LogP contribution < -0.4 is 5.32 Å². The molecule has 1 aliphatic heterocycles. The monoisotopic (exact) mass is 223 g/mol. The number of rotatable bonds is 2. The highest BCUT2D eigenvalue weighted by Gasteiger charge is 2.24. The predicted octanol–water partition coefficient (Wildman–Crippen LogP) is 2.58. The van der Waals surface area contributed by atoms with Gasteiger partial charge in [-0.15, -0.1) is 0 Å². The van der Waals surface area contributed by atoms with E-state index in [-0.39, 0.29) is 11.8 Å². The third kappa shape index (κ3) is 2.21. The summed E-state index contributed by atoms with van der Waals surface area (Å²) in [4.78, 5) is 12.1. The lowest BCUT2D eigenvalue weighted by molar-refractivity contribution is 0.0952. The highest BCUT2D eigenvalue weighted by molar-refractivity contribution is 6.34. The summed E-state index contributed by atoms with van der Waals surface area (Å²) >= 11 is 6.02. The number of hydrogen-bond donors (Lipinski definition) is 1. The number of hydrogen-bond acceptors (Lipinski definition) is 2. The van der Waals surface area contributed by atoms with Gasteiger partial charge in [0.05, 0.1) is 11.1 Å². The zero-order valence-corrected chi connectivity index (χ0v) is 9.47. The number of halogens is 1. The zero-order chi connectivity index (χ0) is 10.8. The van der Waals surface area contributed by atoms with Crippen LogP contribution in [0.1, 0.15) is 28.8 Å². The Bertz CT molecular complexity index is 383. The maximum absolute atomic E-state index is 12.1. The first kappa shape index (κ1) is 10.7. The smallest absolute Gasteiger partial charge is 0.181 e. The second kappa shape index (κ2) is 4.33. The number of ketones is 1. The van der Waals surface area contributed by atoms with Gasteiger partial charge in [0.25, 0.3) is 0 Å². The van der Waals surface area contributed by atoms with Crippen LogP contribution in [-0.4, -0.2) is 18.4 Å². The van der Waals surface area contributed by atoms with Gasteiger partial charge in [-0.2, -0.15) is 0 Å². The van der Waals surface area contributed by atoms with Gasteiger partial charge < -0.3 is 5.32 Å². The van der Waals surface area contributed by atoms with Crippen molar-refractivity contribution in [1.29, 1.82) is 0 Å². The summed E-state index contributed by atoms with van der Waals surface area (Å²) in [5.41, 5.74) is 1.72. The van der Waals surface area contributed by atoms with Crippen LogP contribution in [0.5, 0.6) is 0 Å². The minimum absolute atomic E-state index is 0.0377. The molecular formula is C12H14ClNO. The van der Waals surface area contributed by atoms with Gasteiger partial charge >= 0.3 is 0 Å². The van der Waals surface area contributed by atoms with Gasteiger partial charge in [-0.25, -0.2) is 0 Å². The fraction of sp³-hybridized carbons (Fsp3) is 0.417. The van der Waals surface area contributed by atoms with Crippen LogP contribution in [0, 0.1) is 6.92 Å². The van der Waals surface area contributed by atoms with Crippen LogP contribution >= 0.6 is 11.6 Å². The van der Waals surface area contributed by atoms with Crippen LogP contribution in [-0.2, 0) is 0 Å². The standard InChI is InChI=1S/C12H14ClNO/c1-8-4-5-10(13)9(7-8)12(15)11-3-2-6-14-11/h4-5,7,11,14H,2-3,6H2,1H3. The second-order valence-electron chi connectivity index (χ2n) is 4.00. The first-order chi connectivity index (χ1) is 7.18. The first-order valence-corrected chi connectivity index (χ1v) is 5.60. The van der Waals surface area contributed by atoms with E-state index in [1.54, 1.807) is 6.07 Å². The van der Waals surface area contributed by atoms with E-state index in [1.807, 2.05) is 19.1 Å². The van der Waals surface area contributed by atoms with Crippen molar-refractivity contribution in [2.45, 2.75) is 25.8 Å². The Hall–Kier alpha value is -0.860. The molecule has 1 atom stereocenters. The molecule has 15 heavy (non-hydrogen) atoms. The third-order valence-electron chi connectivity index (χ3n) is 2.76. The normalized spacial score (nSPS) is 20.5. The van der Waals surface area contributed by atoms with E-state index in [0.717, 1.165) is 24.9 Å². The van der Waals surface area contributed by atoms with Crippen molar-refractivity contribution in [3.63, 3.8) is 0 Å². The van der Waals surface area contributed by atoms with Crippen LogP contribution in [0.15, 0.2) is 18.2 Å². The molecule has 0 amide bonds. The largest absolute Gasteiger partial charge is 0.307 e. The van der Waals surface area contributed by atoms with E-state index < -0.39 is 0 Å². The highest BCUT2D eigenvalue weighted by Crippen LogP contribution is 2.21. The molecule has 0 spiro atoms. The Morgan fingerprint density at radius 1 is 1.53 bits per heavy atom. The Labute approximate surface area is 94.6 Å². The summed E-state index contributed by atoms with van der Waals surface area (Å²) in [6.07, 6.45) is 1.99. The molecular weight excluding hydrogens is 210 g/mol. The molecule has 2 rings (SSSR count). The minimum Gasteiger partial charge on any atom is -0.307 e. The Kier molecular flexibility index (Phi) is 3.08. The van der Waals surface area contributed by atoms with Gasteiger partial charge in [-0.3, -0.25) is 4.79 Å². The summed E-state index contributed by atoms with van der Waals surface area (Å²) in [5.74, 6) is 0.126. The number of Topliss-reactive ketones (excluding diaryl/α,β-unsaturated/α-hetero) is 1. The molecule has 1 saturated heterocycles. The Morgan fingerprint density at radius 3 is 3.00 bits per heavy atom. The van der Waals surface area contributed by atoms with Crippen molar-refractivity contribution in [2.24, 2.45) is 0 Å². The topological polar surface area (TPSA) is 29.1 Å². The lowest BCUT2D eigenvalue weighted by Gasteiger charge is -2.10. The van der Waals surface area contributed by atoms with Gasteiger partial charge in [-0.05, 0) is 38.4 Å². The fourth-order valence-corrected chi connectivity index (χ4v) is 2.13. The average Bonchev–Trinajstić information content (AvgIpc) is 2.74. The summed E-state index contributed by atoms with van der Waals surface area (Å²) in [7, 11) is 0. The highest BCUT2D eigenvalue weighted by atomic mass is 35.5.